The number of rotatable bonds is 6. The van der Waals surface area contributed by atoms with Crippen molar-refractivity contribution in [3.8, 4) is 0 Å². The predicted molar refractivity (Wildman–Crippen MR) is 283 cm³/mol. The van der Waals surface area contributed by atoms with Crippen molar-refractivity contribution in [2.45, 2.75) is 75.7 Å². The van der Waals surface area contributed by atoms with Gasteiger partial charge in [0, 0.05) is 51.2 Å². The van der Waals surface area contributed by atoms with Crippen LogP contribution in [-0.2, 0) is 6.42 Å². The predicted octanol–water partition coefficient (Wildman–Crippen LogP) is 14.8. The Morgan fingerprint density at radius 2 is 1.49 bits per heavy atom. The third-order valence-corrected chi connectivity index (χ3v) is 16.5. The van der Waals surface area contributed by atoms with Crippen LogP contribution in [0.1, 0.15) is 79.3 Å². The molecule has 7 aromatic rings. The number of aryl methyl sites for hydroxylation is 1. The number of benzene rings is 6. The molecule has 5 aliphatic carbocycles. The lowest BCUT2D eigenvalue weighted by Crippen LogP contribution is -2.49. The Hall–Kier alpha value is -7.14. The van der Waals surface area contributed by atoms with E-state index in [1.54, 1.807) is 11.3 Å². The molecule has 0 saturated carbocycles. The van der Waals surface area contributed by atoms with E-state index in [-0.39, 0.29) is 24.2 Å². The Bertz CT molecular complexity index is 3440. The molecule has 0 spiro atoms. The van der Waals surface area contributed by atoms with Crippen LogP contribution < -0.4 is 15.5 Å². The number of para-hydroxylation sites is 1. The van der Waals surface area contributed by atoms with Crippen molar-refractivity contribution >= 4 is 49.4 Å². The summed E-state index contributed by atoms with van der Waals surface area (Å²) < 4.78 is 2.72. The third-order valence-electron chi connectivity index (χ3n) is 16.5. The van der Waals surface area contributed by atoms with Crippen LogP contribution in [0.25, 0.3) is 43.7 Å². The van der Waals surface area contributed by atoms with Gasteiger partial charge in [0.25, 0.3) is 0 Å². The van der Waals surface area contributed by atoms with Crippen LogP contribution in [0.3, 0.4) is 0 Å². The molecule has 4 heteroatoms. The zero-order valence-corrected chi connectivity index (χ0v) is 38.5. The lowest BCUT2D eigenvalue weighted by atomic mass is 9.75. The van der Waals surface area contributed by atoms with Crippen molar-refractivity contribution in [1.82, 2.24) is 15.2 Å². The second kappa shape index (κ2) is 16.3. The summed E-state index contributed by atoms with van der Waals surface area (Å²) in [6.07, 6.45) is 30.3. The van der Waals surface area contributed by atoms with E-state index in [4.69, 9.17) is 0 Å². The summed E-state index contributed by atoms with van der Waals surface area (Å²) in [6, 6.07) is 53.3. The van der Waals surface area contributed by atoms with E-state index >= 15 is 0 Å². The topological polar surface area (TPSA) is 32.2 Å². The Morgan fingerprint density at radius 3 is 2.38 bits per heavy atom. The van der Waals surface area contributed by atoms with E-state index in [0.29, 0.717) is 12.0 Å². The maximum Gasteiger partial charge on any atom is 0.100 e. The maximum atomic E-state index is 4.09. The van der Waals surface area contributed by atoms with Crippen molar-refractivity contribution in [1.29, 1.82) is 0 Å². The van der Waals surface area contributed by atoms with Gasteiger partial charge in [-0.05, 0) is 149 Å². The first-order valence-electron chi connectivity index (χ1n) is 25.3. The first-order valence-corrected chi connectivity index (χ1v) is 25.3. The van der Waals surface area contributed by atoms with Gasteiger partial charge in [-0.2, -0.15) is 0 Å². The molecular formula is C64H56N4. The normalized spacial score (nSPS) is 25.2. The van der Waals surface area contributed by atoms with Crippen LogP contribution in [0.2, 0.25) is 0 Å². The minimum Gasteiger partial charge on any atom is -0.366 e. The third kappa shape index (κ3) is 6.52. The molecule has 0 fully saturated rings. The summed E-state index contributed by atoms with van der Waals surface area (Å²) >= 11 is 0. The van der Waals surface area contributed by atoms with Gasteiger partial charge in [0.2, 0.25) is 0 Å². The van der Waals surface area contributed by atoms with E-state index in [9.17, 15) is 0 Å². The first-order chi connectivity index (χ1) is 33.7. The minimum atomic E-state index is 0.0384. The van der Waals surface area contributed by atoms with Gasteiger partial charge in [-0.15, -0.1) is 0 Å². The Morgan fingerprint density at radius 1 is 0.632 bits per heavy atom. The van der Waals surface area contributed by atoms with E-state index in [0.717, 1.165) is 44.9 Å². The van der Waals surface area contributed by atoms with E-state index < -0.39 is 0 Å². The number of nitrogens with one attached hydrogen (secondary N) is 2. The zero-order valence-electron chi connectivity index (χ0n) is 38.5. The SMILES string of the molecule is C1=CC2=C(C3=CC(c4ccccc4)NC(C4=CC=C(c5ccccc5)CC4)N3)CCC(n3c4ccccc4c4cc5cc(N6C7=C(c8ccccc8CC7)C7CCC=CC76)ccc5cc43)C2C=C1. The molecular weight excluding hydrogens is 825 g/mol. The van der Waals surface area contributed by atoms with Gasteiger partial charge >= 0.3 is 0 Å². The summed E-state index contributed by atoms with van der Waals surface area (Å²) in [4.78, 5) is 2.72. The largest absolute Gasteiger partial charge is 0.366 e. The average molecular weight is 881 g/mol. The van der Waals surface area contributed by atoms with E-state index in [2.05, 4.69) is 214 Å². The number of fused-ring (bicyclic) bond motifs is 9. The molecule has 2 aliphatic heterocycles. The highest BCUT2D eigenvalue weighted by molar-refractivity contribution is 6.13. The second-order valence-corrected chi connectivity index (χ2v) is 20.1. The number of hydrogen-bond donors (Lipinski definition) is 2. The summed E-state index contributed by atoms with van der Waals surface area (Å²) in [7, 11) is 0. The van der Waals surface area contributed by atoms with Gasteiger partial charge in [0.1, 0.15) is 6.17 Å². The molecule has 6 unspecified atom stereocenters. The van der Waals surface area contributed by atoms with Crippen molar-refractivity contribution in [2.75, 3.05) is 4.90 Å². The molecule has 14 rings (SSSR count). The molecule has 2 N–H and O–H groups in total. The smallest absolute Gasteiger partial charge is 0.100 e. The quantitative estimate of drug-likeness (QED) is 0.163. The average Bonchev–Trinajstić information content (AvgIpc) is 3.92. The van der Waals surface area contributed by atoms with Crippen LogP contribution in [-0.4, -0.2) is 16.8 Å². The van der Waals surface area contributed by atoms with Crippen LogP contribution in [0.15, 0.2) is 222 Å². The highest BCUT2D eigenvalue weighted by atomic mass is 15.2. The van der Waals surface area contributed by atoms with Crippen molar-refractivity contribution < 1.29 is 0 Å². The van der Waals surface area contributed by atoms with E-state index in [1.165, 1.54) is 94.9 Å². The van der Waals surface area contributed by atoms with Crippen LogP contribution in [0.4, 0.5) is 5.69 Å². The molecule has 7 aliphatic rings. The lowest BCUT2D eigenvalue weighted by Gasteiger charge is -2.40. The zero-order chi connectivity index (χ0) is 44.7. The number of anilines is 1. The van der Waals surface area contributed by atoms with Crippen molar-refractivity contribution in [3.05, 3.63) is 245 Å². The van der Waals surface area contributed by atoms with Gasteiger partial charge in [0.15, 0.2) is 0 Å². The molecule has 0 bridgehead atoms. The monoisotopic (exact) mass is 880 g/mol. The van der Waals surface area contributed by atoms with Gasteiger partial charge in [-0.25, -0.2) is 0 Å². The van der Waals surface area contributed by atoms with Crippen LogP contribution >= 0.6 is 0 Å². The minimum absolute atomic E-state index is 0.0384. The maximum absolute atomic E-state index is 4.09. The summed E-state index contributed by atoms with van der Waals surface area (Å²) in [6.45, 7) is 0. The van der Waals surface area contributed by atoms with Gasteiger partial charge in [-0.3, -0.25) is 5.32 Å². The molecule has 3 heterocycles. The van der Waals surface area contributed by atoms with Gasteiger partial charge < -0.3 is 14.8 Å². The molecule has 1 aromatic heterocycles. The summed E-state index contributed by atoms with van der Waals surface area (Å²) in [5.41, 5.74) is 19.7. The second-order valence-electron chi connectivity index (χ2n) is 20.1. The highest BCUT2D eigenvalue weighted by Crippen LogP contribution is 2.52. The number of hydrogen-bond acceptors (Lipinski definition) is 3. The molecule has 68 heavy (non-hydrogen) atoms. The fourth-order valence-electron chi connectivity index (χ4n) is 13.4. The lowest BCUT2D eigenvalue weighted by molar-refractivity contribution is 0.388. The van der Waals surface area contributed by atoms with Crippen LogP contribution in [0.5, 0.6) is 0 Å². The Kier molecular flexibility index (Phi) is 9.57. The fraction of sp³-hybridized carbons (Fsp3) is 0.219. The Labute approximate surface area is 399 Å². The molecule has 332 valence electrons. The number of nitrogens with zero attached hydrogens (tertiary/aromatic N) is 2. The van der Waals surface area contributed by atoms with Crippen LogP contribution in [0, 0.1) is 11.8 Å². The standard InChI is InChI=1S/C64H56N4/c1-3-15-41(16-4-1)42-27-29-45(30-28-42)64-65-56(44-18-5-2-6-19-44)40-57(66-64)51-34-36-60(52-22-10-9-21-50(51)52)68-58-25-13-11-23-53(58)55-38-47-37-48(33-31-46(47)39-62(55)68)67-59-26-14-12-24-54(59)63-49-20-8-7-17-43(49)32-35-61(63)67/h1-11,13-23,25-27,29,31,33,37-40,52,54,56,59-60,64-66H,12,24,28,30,32,34-36H2. The molecule has 4 nitrogen and oxygen atoms in total. The molecule has 6 aromatic carbocycles. The van der Waals surface area contributed by atoms with Gasteiger partial charge in [-0.1, -0.05) is 158 Å². The fourth-order valence-corrected chi connectivity index (χ4v) is 13.4. The number of aromatic nitrogens is 1. The van der Waals surface area contributed by atoms with Gasteiger partial charge in [0.05, 0.1) is 17.6 Å². The summed E-state index contributed by atoms with van der Waals surface area (Å²) in [5.74, 6) is 0.785. The Balaban J connectivity index is 0.838. The molecule has 0 radical (unpaired) electrons. The van der Waals surface area contributed by atoms with Crippen molar-refractivity contribution in [2.24, 2.45) is 11.8 Å². The summed E-state index contributed by atoms with van der Waals surface area (Å²) in [5, 5.41) is 13.4. The van der Waals surface area contributed by atoms with E-state index in [1.807, 2.05) is 0 Å². The molecule has 6 atom stereocenters. The molecule has 0 amide bonds. The van der Waals surface area contributed by atoms with Crippen molar-refractivity contribution in [3.63, 3.8) is 0 Å². The highest BCUT2D eigenvalue weighted by Gasteiger charge is 2.43. The first kappa shape index (κ1) is 40.0. The number of allylic oxidation sites excluding steroid dienone is 11. The molecule has 0 saturated heterocycles.